The molecule has 0 aromatic carbocycles. The molecule has 2 atom stereocenters. The quantitative estimate of drug-likeness (QED) is 0.490. The minimum Gasteiger partial charge on any atom is -0.287 e. The smallest absolute Gasteiger partial charge is 0.287 e. The molecule has 3 saturated carbocycles. The second-order valence-corrected chi connectivity index (χ2v) is 11.3. The van der Waals surface area contributed by atoms with Crippen LogP contribution in [0.5, 0.6) is 0 Å². The highest BCUT2D eigenvalue weighted by molar-refractivity contribution is 5.98. The summed E-state index contributed by atoms with van der Waals surface area (Å²) in [5, 5.41) is 0. The van der Waals surface area contributed by atoms with E-state index in [9.17, 15) is 4.79 Å². The van der Waals surface area contributed by atoms with Crippen LogP contribution < -0.4 is 5.73 Å². The Morgan fingerprint density at radius 3 is 2.10 bits per heavy atom. The summed E-state index contributed by atoms with van der Waals surface area (Å²) in [6.07, 6.45) is 24.9. The van der Waals surface area contributed by atoms with Crippen molar-refractivity contribution < 1.29 is 9.37 Å². The Bertz CT molecular complexity index is 666. The molecule has 4 heteroatoms. The molecular formula is C27H46N3O+. The van der Waals surface area contributed by atoms with E-state index in [0.29, 0.717) is 23.7 Å². The lowest BCUT2D eigenvalue weighted by atomic mass is 9.75. The summed E-state index contributed by atoms with van der Waals surface area (Å²) in [5.74, 6) is 3.14. The molecule has 0 saturated heterocycles. The van der Waals surface area contributed by atoms with Gasteiger partial charge in [0.05, 0.1) is 6.21 Å². The minimum absolute atomic E-state index is 0.189. The molecule has 0 spiro atoms. The van der Waals surface area contributed by atoms with Crippen LogP contribution in [0.1, 0.15) is 122 Å². The minimum atomic E-state index is -0.591. The Morgan fingerprint density at radius 2 is 1.48 bits per heavy atom. The molecule has 3 fully saturated rings. The molecule has 174 valence electrons. The number of hydrogen-bond donors (Lipinski definition) is 1. The Balaban J connectivity index is 1.51. The van der Waals surface area contributed by atoms with Crippen LogP contribution in [0.25, 0.3) is 0 Å². The standard InChI is InChI=1S/C27H46N3O/c1-21(24-15-9-4-10-16-24)20-30-25(31)27(29-26(30)28,19-23-13-7-3-8-14-23)18-17-22-11-5-2-6-12-22/h20-24H,2-19H2,1H3,(H2,28,29)/q+1/b30-20+/t21?,27-/m1/s1. The van der Waals surface area contributed by atoms with E-state index in [1.807, 2.05) is 0 Å². The second kappa shape index (κ2) is 10.6. The van der Waals surface area contributed by atoms with Gasteiger partial charge in [0, 0.05) is 12.3 Å². The van der Waals surface area contributed by atoms with Gasteiger partial charge in [0.1, 0.15) is 0 Å². The highest BCUT2D eigenvalue weighted by Crippen LogP contribution is 2.40. The van der Waals surface area contributed by atoms with Crippen LogP contribution in [0.4, 0.5) is 0 Å². The summed E-state index contributed by atoms with van der Waals surface area (Å²) in [6.45, 7) is 2.28. The van der Waals surface area contributed by atoms with Crippen molar-refractivity contribution >= 4 is 18.1 Å². The highest BCUT2D eigenvalue weighted by Gasteiger charge is 2.53. The maximum atomic E-state index is 13.9. The van der Waals surface area contributed by atoms with Crippen LogP contribution in [-0.2, 0) is 4.79 Å². The predicted molar refractivity (Wildman–Crippen MR) is 128 cm³/mol. The predicted octanol–water partition coefficient (Wildman–Crippen LogP) is 6.21. The number of hydrogen-bond acceptors (Lipinski definition) is 3. The van der Waals surface area contributed by atoms with Crippen molar-refractivity contribution in [2.24, 2.45) is 34.4 Å². The molecule has 0 radical (unpaired) electrons. The summed E-state index contributed by atoms with van der Waals surface area (Å²) in [4.78, 5) is 18.9. The Kier molecular flexibility index (Phi) is 7.87. The molecule has 1 amide bonds. The molecule has 0 aromatic rings. The fraction of sp³-hybridized carbons (Fsp3) is 0.889. The van der Waals surface area contributed by atoms with Gasteiger partial charge in [0.25, 0.3) is 0 Å². The van der Waals surface area contributed by atoms with E-state index in [0.717, 1.165) is 25.2 Å². The lowest BCUT2D eigenvalue weighted by molar-refractivity contribution is -0.337. The van der Waals surface area contributed by atoms with Crippen LogP contribution in [0.2, 0.25) is 0 Å². The molecule has 2 N–H and O–H groups in total. The summed E-state index contributed by atoms with van der Waals surface area (Å²) in [6, 6.07) is 0. The van der Waals surface area contributed by atoms with Crippen LogP contribution in [-0.4, -0.2) is 28.2 Å². The number of nitrogens with two attached hydrogens (primary N) is 1. The first-order valence-corrected chi connectivity index (χ1v) is 13.6. The SMILES string of the molecule is CC(/C=[N+]1\C(=O)[C@@](CCC2CCCCC2)(CC2CCCCC2)N=C1N)C1CCCCC1. The van der Waals surface area contributed by atoms with Crippen LogP contribution in [0.3, 0.4) is 0 Å². The number of guanidine groups is 1. The molecule has 4 aliphatic rings. The molecule has 4 nitrogen and oxygen atoms in total. The van der Waals surface area contributed by atoms with E-state index in [1.165, 1.54) is 96.3 Å². The van der Waals surface area contributed by atoms with Gasteiger partial charge in [0.2, 0.25) is 5.54 Å². The van der Waals surface area contributed by atoms with Crippen molar-refractivity contribution in [3.8, 4) is 0 Å². The van der Waals surface area contributed by atoms with E-state index < -0.39 is 5.54 Å². The zero-order valence-corrected chi connectivity index (χ0v) is 20.0. The van der Waals surface area contributed by atoms with Gasteiger partial charge in [-0.15, -0.1) is 0 Å². The third kappa shape index (κ3) is 5.60. The highest BCUT2D eigenvalue weighted by atomic mass is 16.2. The van der Waals surface area contributed by atoms with Gasteiger partial charge in [-0.05, 0) is 43.4 Å². The summed E-state index contributed by atoms with van der Waals surface area (Å²) in [7, 11) is 0. The first-order valence-electron chi connectivity index (χ1n) is 13.6. The molecule has 1 aliphatic heterocycles. The lowest BCUT2D eigenvalue weighted by Gasteiger charge is -2.30. The van der Waals surface area contributed by atoms with Crippen LogP contribution >= 0.6 is 0 Å². The molecule has 31 heavy (non-hydrogen) atoms. The first-order chi connectivity index (χ1) is 15.1. The van der Waals surface area contributed by atoms with E-state index in [1.54, 1.807) is 4.58 Å². The number of carbonyl (C=O) groups is 1. The van der Waals surface area contributed by atoms with Crippen molar-refractivity contribution in [1.29, 1.82) is 0 Å². The van der Waals surface area contributed by atoms with Gasteiger partial charge in [-0.25, -0.2) is 0 Å². The Morgan fingerprint density at radius 1 is 0.935 bits per heavy atom. The summed E-state index contributed by atoms with van der Waals surface area (Å²) in [5.41, 5.74) is 5.87. The number of amides is 1. The largest absolute Gasteiger partial charge is 0.392 e. The van der Waals surface area contributed by atoms with E-state index in [4.69, 9.17) is 10.7 Å². The molecule has 0 bridgehead atoms. The molecule has 4 rings (SSSR count). The fourth-order valence-corrected chi connectivity index (χ4v) is 7.00. The van der Waals surface area contributed by atoms with Gasteiger partial charge in [-0.2, -0.15) is 4.58 Å². The van der Waals surface area contributed by atoms with Gasteiger partial charge in [-0.1, -0.05) is 95.4 Å². The van der Waals surface area contributed by atoms with E-state index >= 15 is 0 Å². The third-order valence-electron chi connectivity index (χ3n) is 9.01. The zero-order valence-electron chi connectivity index (χ0n) is 20.0. The number of rotatable bonds is 7. The Hall–Kier alpha value is -1.19. The molecule has 3 aliphatic carbocycles. The van der Waals surface area contributed by atoms with Crippen LogP contribution in [0.15, 0.2) is 4.99 Å². The zero-order chi connectivity index (χ0) is 21.7. The van der Waals surface area contributed by atoms with Crippen molar-refractivity contribution in [1.82, 2.24) is 0 Å². The van der Waals surface area contributed by atoms with Gasteiger partial charge in [-0.3, -0.25) is 10.5 Å². The normalized spacial score (nSPS) is 31.8. The first kappa shape index (κ1) is 23.0. The average Bonchev–Trinajstić information content (AvgIpc) is 3.04. The molecule has 0 aromatic heterocycles. The number of nitrogens with zero attached hydrogens (tertiary/aromatic N) is 2. The summed E-state index contributed by atoms with van der Waals surface area (Å²) < 4.78 is 1.78. The van der Waals surface area contributed by atoms with Crippen LogP contribution in [0, 0.1) is 23.7 Å². The lowest BCUT2D eigenvalue weighted by Crippen LogP contribution is -2.42. The monoisotopic (exact) mass is 428 g/mol. The maximum absolute atomic E-state index is 13.9. The van der Waals surface area contributed by atoms with Crippen molar-refractivity contribution in [2.45, 2.75) is 128 Å². The van der Waals surface area contributed by atoms with Gasteiger partial charge >= 0.3 is 11.9 Å². The van der Waals surface area contributed by atoms with Gasteiger partial charge < -0.3 is 0 Å². The fourth-order valence-electron chi connectivity index (χ4n) is 7.00. The van der Waals surface area contributed by atoms with Crippen molar-refractivity contribution in [2.75, 3.05) is 0 Å². The van der Waals surface area contributed by atoms with Gasteiger partial charge in [0.15, 0.2) is 0 Å². The third-order valence-corrected chi connectivity index (χ3v) is 9.01. The molecule has 1 unspecified atom stereocenters. The average molecular weight is 429 g/mol. The van der Waals surface area contributed by atoms with E-state index in [-0.39, 0.29) is 5.91 Å². The van der Waals surface area contributed by atoms with Crippen molar-refractivity contribution in [3.63, 3.8) is 0 Å². The topological polar surface area (TPSA) is 58.5 Å². The summed E-state index contributed by atoms with van der Waals surface area (Å²) >= 11 is 0. The molecule has 1 heterocycles. The number of carbonyl (C=O) groups excluding carboxylic acids is 1. The Labute approximate surface area is 190 Å². The van der Waals surface area contributed by atoms with E-state index in [2.05, 4.69) is 13.1 Å². The second-order valence-electron chi connectivity index (χ2n) is 11.3. The maximum Gasteiger partial charge on any atom is 0.392 e. The van der Waals surface area contributed by atoms with Crippen molar-refractivity contribution in [3.05, 3.63) is 0 Å². The number of aliphatic imine (C=N–C) groups is 1. The molecular weight excluding hydrogens is 382 g/mol.